The number of carboxylic acids is 1. The van der Waals surface area contributed by atoms with Gasteiger partial charge in [0.25, 0.3) is 0 Å². The molecule has 0 saturated carbocycles. The van der Waals surface area contributed by atoms with Crippen LogP contribution in [0.1, 0.15) is 64.7 Å². The second kappa shape index (κ2) is 15.2. The molecule has 23 heavy (non-hydrogen) atoms. The van der Waals surface area contributed by atoms with Gasteiger partial charge in [-0.3, -0.25) is 9.59 Å². The highest BCUT2D eigenvalue weighted by atomic mass is 127. The molecule has 0 spiro atoms. The molecule has 136 valence electrons. The van der Waals surface area contributed by atoms with E-state index in [1.165, 1.54) is 0 Å². The molecule has 0 bridgehead atoms. The molecule has 0 rings (SSSR count). The molecule has 0 heterocycles. The van der Waals surface area contributed by atoms with E-state index in [1.807, 2.05) is 7.05 Å². The Bertz CT molecular complexity index is 326. The molecule has 0 aliphatic heterocycles. The van der Waals surface area contributed by atoms with Gasteiger partial charge in [-0.1, -0.05) is 48.8 Å². The van der Waals surface area contributed by atoms with Crippen molar-refractivity contribution in [2.24, 2.45) is 5.92 Å². The first-order valence-corrected chi connectivity index (χ1v) is 10.2. The fourth-order valence-corrected chi connectivity index (χ4v) is 3.23. The van der Waals surface area contributed by atoms with Crippen LogP contribution in [0.5, 0.6) is 0 Å². The van der Waals surface area contributed by atoms with Gasteiger partial charge in [0.1, 0.15) is 6.10 Å². The topological polar surface area (TPSA) is 75.6 Å². The van der Waals surface area contributed by atoms with E-state index >= 15 is 0 Å². The summed E-state index contributed by atoms with van der Waals surface area (Å²) in [5, 5.41) is 12.0. The van der Waals surface area contributed by atoms with Crippen LogP contribution in [0.2, 0.25) is 0 Å². The summed E-state index contributed by atoms with van der Waals surface area (Å²) in [6.45, 7) is 2.95. The number of alkyl halides is 1. The van der Waals surface area contributed by atoms with Crippen molar-refractivity contribution in [3.05, 3.63) is 0 Å². The normalized spacial score (nSPS) is 13.5. The molecular weight excluding hydrogens is 409 g/mol. The predicted molar refractivity (Wildman–Crippen MR) is 101 cm³/mol. The number of hydrogen-bond donors (Lipinski definition) is 2. The van der Waals surface area contributed by atoms with E-state index in [1.54, 1.807) is 0 Å². The Hall–Kier alpha value is -0.370. The number of aliphatic carboxylic acids is 1. The summed E-state index contributed by atoms with van der Waals surface area (Å²) in [5.41, 5.74) is 0. The molecule has 0 aliphatic rings. The monoisotopic (exact) mass is 441 g/mol. The number of halogens is 1. The van der Waals surface area contributed by atoms with Gasteiger partial charge in [-0.2, -0.15) is 0 Å². The molecule has 0 aromatic heterocycles. The van der Waals surface area contributed by atoms with Crippen LogP contribution in [0.25, 0.3) is 0 Å². The smallest absolute Gasteiger partial charge is 0.306 e. The van der Waals surface area contributed by atoms with Gasteiger partial charge >= 0.3 is 11.9 Å². The molecule has 2 unspecified atom stereocenters. The molecular formula is C17H32INO4. The maximum absolute atomic E-state index is 12.0. The minimum absolute atomic E-state index is 0.145. The lowest BCUT2D eigenvalue weighted by atomic mass is 9.89. The van der Waals surface area contributed by atoms with E-state index in [9.17, 15) is 9.59 Å². The largest absolute Gasteiger partial charge is 0.481 e. The number of rotatable bonds is 15. The summed E-state index contributed by atoms with van der Waals surface area (Å²) in [6, 6.07) is 0. The molecule has 0 radical (unpaired) electrons. The summed E-state index contributed by atoms with van der Waals surface area (Å²) in [7, 11) is 1.86. The molecule has 0 aromatic rings. The van der Waals surface area contributed by atoms with Crippen molar-refractivity contribution in [3.63, 3.8) is 0 Å². The van der Waals surface area contributed by atoms with Crippen molar-refractivity contribution in [2.75, 3.05) is 18.0 Å². The van der Waals surface area contributed by atoms with Gasteiger partial charge in [-0.25, -0.2) is 0 Å². The Morgan fingerprint density at radius 1 is 1.13 bits per heavy atom. The number of nitrogens with one attached hydrogen (secondary N) is 1. The Kier molecular flexibility index (Phi) is 14.9. The van der Waals surface area contributed by atoms with Gasteiger partial charge < -0.3 is 15.2 Å². The molecule has 0 aliphatic carbocycles. The zero-order valence-corrected chi connectivity index (χ0v) is 16.6. The number of unbranched alkanes of at least 4 members (excludes halogenated alkanes) is 2. The van der Waals surface area contributed by atoms with Crippen molar-refractivity contribution in [1.82, 2.24) is 5.32 Å². The van der Waals surface area contributed by atoms with E-state index < -0.39 is 5.97 Å². The van der Waals surface area contributed by atoms with Crippen molar-refractivity contribution in [1.29, 1.82) is 0 Å². The van der Waals surface area contributed by atoms with E-state index in [-0.39, 0.29) is 24.4 Å². The van der Waals surface area contributed by atoms with Crippen molar-refractivity contribution in [3.8, 4) is 0 Å². The highest BCUT2D eigenvalue weighted by molar-refractivity contribution is 14.1. The second-order valence-corrected chi connectivity index (χ2v) is 6.98. The van der Waals surface area contributed by atoms with Crippen LogP contribution in [0, 0.1) is 5.92 Å². The Balaban J connectivity index is 4.60. The van der Waals surface area contributed by atoms with Gasteiger partial charge in [-0.15, -0.1) is 0 Å². The molecule has 0 saturated heterocycles. The number of carboxylic acid groups (broad SMARTS) is 1. The minimum Gasteiger partial charge on any atom is -0.481 e. The summed E-state index contributed by atoms with van der Waals surface area (Å²) >= 11 is 2.29. The molecule has 0 aromatic carbocycles. The third-order valence-corrected chi connectivity index (χ3v) is 4.54. The van der Waals surface area contributed by atoms with E-state index in [4.69, 9.17) is 9.84 Å². The Morgan fingerprint density at radius 3 is 2.43 bits per heavy atom. The lowest BCUT2D eigenvalue weighted by Gasteiger charge is -2.26. The highest BCUT2D eigenvalue weighted by Gasteiger charge is 2.25. The number of carbonyl (C=O) groups excluding carboxylic acids is 1. The highest BCUT2D eigenvalue weighted by Crippen LogP contribution is 2.25. The van der Waals surface area contributed by atoms with Gasteiger partial charge in [-0.05, 0) is 45.2 Å². The summed E-state index contributed by atoms with van der Waals surface area (Å²) in [5.74, 6) is -0.786. The fraction of sp³-hybridized carbons (Fsp3) is 0.882. The third-order valence-electron chi connectivity index (χ3n) is 3.92. The molecule has 5 nitrogen and oxygen atoms in total. The minimum atomic E-state index is -0.779. The first-order valence-electron chi connectivity index (χ1n) is 8.66. The standard InChI is InChI=1S/C17H32INO4/c1-3-4-5-7-14(9-10-16(20)21)15(11-12-18)23-17(22)8-6-13-19-2/h14-15,19H,3-13H2,1-2H3,(H,20,21). The maximum Gasteiger partial charge on any atom is 0.306 e. The summed E-state index contributed by atoms with van der Waals surface area (Å²) in [6.07, 6.45) is 6.84. The van der Waals surface area contributed by atoms with Crippen LogP contribution in [-0.4, -0.2) is 41.2 Å². The Morgan fingerprint density at radius 2 is 1.87 bits per heavy atom. The van der Waals surface area contributed by atoms with Gasteiger partial charge in [0, 0.05) is 17.3 Å². The van der Waals surface area contributed by atoms with Gasteiger partial charge in [0.15, 0.2) is 0 Å². The molecule has 0 fully saturated rings. The zero-order valence-electron chi connectivity index (χ0n) is 14.5. The van der Waals surface area contributed by atoms with Crippen molar-refractivity contribution in [2.45, 2.75) is 70.8 Å². The number of esters is 1. The van der Waals surface area contributed by atoms with Crippen LogP contribution in [0.3, 0.4) is 0 Å². The number of hydrogen-bond acceptors (Lipinski definition) is 4. The number of carbonyl (C=O) groups is 2. The quantitative estimate of drug-likeness (QED) is 0.175. The SMILES string of the molecule is CCCCCC(CCC(=O)O)C(CCI)OC(=O)CCCNC. The van der Waals surface area contributed by atoms with E-state index in [0.29, 0.717) is 12.8 Å². The molecule has 2 atom stereocenters. The number of ether oxygens (including phenoxy) is 1. The third kappa shape index (κ3) is 12.7. The van der Waals surface area contributed by atoms with Crippen LogP contribution >= 0.6 is 22.6 Å². The predicted octanol–water partition coefficient (Wildman–Crippen LogP) is 3.78. The van der Waals surface area contributed by atoms with Gasteiger partial charge in [0.2, 0.25) is 0 Å². The van der Waals surface area contributed by atoms with Gasteiger partial charge in [0.05, 0.1) is 0 Å². The molecule has 0 amide bonds. The molecule has 6 heteroatoms. The summed E-state index contributed by atoms with van der Waals surface area (Å²) < 4.78 is 6.60. The fourth-order valence-electron chi connectivity index (χ4n) is 2.62. The lowest BCUT2D eigenvalue weighted by Crippen LogP contribution is -2.28. The average Bonchev–Trinajstić information content (AvgIpc) is 2.50. The summed E-state index contributed by atoms with van der Waals surface area (Å²) in [4.78, 5) is 22.9. The Labute approximate surface area is 154 Å². The average molecular weight is 441 g/mol. The molecule has 2 N–H and O–H groups in total. The van der Waals surface area contributed by atoms with Crippen LogP contribution in [0.4, 0.5) is 0 Å². The first-order chi connectivity index (χ1) is 11.0. The first kappa shape index (κ1) is 22.6. The van der Waals surface area contributed by atoms with E-state index in [2.05, 4.69) is 34.8 Å². The zero-order chi connectivity index (χ0) is 17.5. The van der Waals surface area contributed by atoms with E-state index in [0.717, 1.165) is 49.5 Å². The second-order valence-electron chi connectivity index (χ2n) is 5.90. The van der Waals surface area contributed by atoms with Crippen LogP contribution in [0.15, 0.2) is 0 Å². The maximum atomic E-state index is 12.0. The van der Waals surface area contributed by atoms with Crippen LogP contribution in [-0.2, 0) is 14.3 Å². The van der Waals surface area contributed by atoms with Crippen molar-refractivity contribution >= 4 is 34.5 Å². The lowest BCUT2D eigenvalue weighted by molar-refractivity contribution is -0.152. The van der Waals surface area contributed by atoms with Crippen molar-refractivity contribution < 1.29 is 19.4 Å². The van der Waals surface area contributed by atoms with Crippen LogP contribution < -0.4 is 5.32 Å².